The molecule has 0 atom stereocenters. The fourth-order valence-corrected chi connectivity index (χ4v) is 3.46. The Morgan fingerprint density at radius 3 is 1.53 bits per heavy atom. The lowest BCUT2D eigenvalue weighted by Crippen LogP contribution is -2.19. The van der Waals surface area contributed by atoms with Gasteiger partial charge in [0.1, 0.15) is 22.6 Å². The topological polar surface area (TPSA) is 121 Å². The Balaban J connectivity index is 1.55. The van der Waals surface area contributed by atoms with Crippen LogP contribution >= 0.6 is 0 Å². The van der Waals surface area contributed by atoms with Gasteiger partial charge < -0.3 is 8.83 Å². The van der Waals surface area contributed by atoms with E-state index in [9.17, 15) is 9.59 Å². The Labute approximate surface area is 180 Å². The second-order valence-corrected chi connectivity index (χ2v) is 7.12. The van der Waals surface area contributed by atoms with Crippen LogP contribution in [0.25, 0.3) is 21.9 Å². The summed E-state index contributed by atoms with van der Waals surface area (Å²) in [6.07, 6.45) is 0. The zero-order valence-electron chi connectivity index (χ0n) is 16.6. The molecule has 0 aliphatic heterocycles. The van der Waals surface area contributed by atoms with E-state index in [0.29, 0.717) is 21.9 Å². The lowest BCUT2D eigenvalue weighted by atomic mass is 10.0. The highest BCUT2D eigenvalue weighted by Gasteiger charge is 2.20. The average Bonchev–Trinajstić information content (AvgIpc) is 2.82. The van der Waals surface area contributed by atoms with E-state index in [1.807, 2.05) is 0 Å². The Bertz CT molecular complexity index is 1540. The maximum absolute atomic E-state index is 13.1. The largest absolute Gasteiger partial charge is 0.438 e. The third kappa shape index (κ3) is 3.31. The Morgan fingerprint density at radius 1 is 0.625 bits per heavy atom. The quantitative estimate of drug-likeness (QED) is 0.425. The Kier molecular flexibility index (Phi) is 4.56. The monoisotopic (exact) mass is 421 g/mol. The van der Waals surface area contributed by atoms with Crippen molar-refractivity contribution in [3.63, 3.8) is 0 Å². The van der Waals surface area contributed by atoms with Gasteiger partial charge in [-0.05, 0) is 36.4 Å². The SMILES string of the molecule is N=c1oc2ccccc2cc1C(=O)c1cccc(C(=O)c2cc3ccccc3oc2=N)n1. The van der Waals surface area contributed by atoms with Gasteiger partial charge in [-0.25, -0.2) is 4.98 Å². The summed E-state index contributed by atoms with van der Waals surface area (Å²) in [6, 6.07) is 21.8. The van der Waals surface area contributed by atoms with Crippen molar-refractivity contribution < 1.29 is 18.4 Å². The molecule has 0 bridgehead atoms. The van der Waals surface area contributed by atoms with E-state index in [2.05, 4.69) is 4.98 Å². The highest BCUT2D eigenvalue weighted by atomic mass is 16.3. The number of rotatable bonds is 4. The van der Waals surface area contributed by atoms with Gasteiger partial charge in [-0.2, -0.15) is 0 Å². The fourth-order valence-electron chi connectivity index (χ4n) is 3.46. The zero-order valence-corrected chi connectivity index (χ0v) is 16.6. The molecule has 0 aliphatic rings. The average molecular weight is 421 g/mol. The summed E-state index contributed by atoms with van der Waals surface area (Å²) in [5, 5.41) is 17.5. The first kappa shape index (κ1) is 19.3. The Morgan fingerprint density at radius 2 is 1.06 bits per heavy atom. The minimum absolute atomic E-state index is 0.000843. The molecule has 0 spiro atoms. The van der Waals surface area contributed by atoms with E-state index in [-0.39, 0.29) is 33.6 Å². The van der Waals surface area contributed by atoms with E-state index in [1.165, 1.54) is 18.2 Å². The van der Waals surface area contributed by atoms with Gasteiger partial charge >= 0.3 is 0 Å². The molecule has 5 aromatic rings. The van der Waals surface area contributed by atoms with Crippen LogP contribution in [0.4, 0.5) is 0 Å². The number of aromatic nitrogens is 1. The molecule has 0 radical (unpaired) electrons. The maximum Gasteiger partial charge on any atom is 0.223 e. The summed E-state index contributed by atoms with van der Waals surface area (Å²) < 4.78 is 10.9. The molecule has 7 nitrogen and oxygen atoms in total. The number of fused-ring (bicyclic) bond motifs is 2. The highest BCUT2D eigenvalue weighted by Crippen LogP contribution is 2.17. The van der Waals surface area contributed by atoms with Crippen molar-refractivity contribution in [2.24, 2.45) is 0 Å². The van der Waals surface area contributed by atoms with Gasteiger partial charge in [0.25, 0.3) is 0 Å². The number of hydrogen-bond donors (Lipinski definition) is 2. The van der Waals surface area contributed by atoms with Crippen molar-refractivity contribution in [3.8, 4) is 0 Å². The summed E-state index contributed by atoms with van der Waals surface area (Å²) in [4.78, 5) is 30.3. The minimum Gasteiger partial charge on any atom is -0.438 e. The number of para-hydroxylation sites is 2. The molecule has 0 unspecified atom stereocenters. The molecule has 0 fully saturated rings. The Hall–Kier alpha value is -4.65. The number of pyridine rings is 1. The van der Waals surface area contributed by atoms with E-state index in [0.717, 1.165) is 0 Å². The van der Waals surface area contributed by atoms with Crippen LogP contribution in [-0.2, 0) is 0 Å². The molecule has 0 amide bonds. The lowest BCUT2D eigenvalue weighted by Gasteiger charge is -2.06. The summed E-state index contributed by atoms with van der Waals surface area (Å²) in [6.45, 7) is 0. The van der Waals surface area contributed by atoms with Crippen LogP contribution in [0.5, 0.6) is 0 Å². The van der Waals surface area contributed by atoms with Crippen molar-refractivity contribution in [2.45, 2.75) is 0 Å². The second kappa shape index (κ2) is 7.55. The summed E-state index contributed by atoms with van der Waals surface area (Å²) in [7, 11) is 0. The number of nitrogens with zero attached hydrogens (tertiary/aromatic N) is 1. The molecular weight excluding hydrogens is 406 g/mol. The number of carbonyl (C=O) groups excluding carboxylic acids is 2. The first-order valence-corrected chi connectivity index (χ1v) is 9.73. The van der Waals surface area contributed by atoms with Crippen LogP contribution in [0.15, 0.2) is 87.7 Å². The van der Waals surface area contributed by atoms with Gasteiger partial charge in [-0.1, -0.05) is 42.5 Å². The number of ketones is 2. The number of carbonyl (C=O) groups is 2. The fraction of sp³-hybridized carbons (Fsp3) is 0. The molecule has 32 heavy (non-hydrogen) atoms. The van der Waals surface area contributed by atoms with E-state index < -0.39 is 11.6 Å². The van der Waals surface area contributed by atoms with Crippen molar-refractivity contribution in [1.29, 1.82) is 10.8 Å². The normalized spacial score (nSPS) is 11.0. The molecule has 7 heteroatoms. The molecule has 0 saturated carbocycles. The van der Waals surface area contributed by atoms with Crippen LogP contribution < -0.4 is 11.1 Å². The predicted octanol–water partition coefficient (Wildman–Crippen LogP) is 3.99. The van der Waals surface area contributed by atoms with E-state index in [4.69, 9.17) is 19.7 Å². The molecule has 154 valence electrons. The lowest BCUT2D eigenvalue weighted by molar-refractivity contribution is 0.102. The van der Waals surface area contributed by atoms with Crippen LogP contribution in [0.3, 0.4) is 0 Å². The predicted molar refractivity (Wildman–Crippen MR) is 115 cm³/mol. The molecule has 0 saturated heterocycles. The smallest absolute Gasteiger partial charge is 0.223 e. The van der Waals surface area contributed by atoms with E-state index in [1.54, 1.807) is 60.7 Å². The van der Waals surface area contributed by atoms with Gasteiger partial charge in [0.05, 0.1) is 11.1 Å². The highest BCUT2D eigenvalue weighted by molar-refractivity contribution is 6.11. The zero-order chi connectivity index (χ0) is 22.2. The summed E-state index contributed by atoms with van der Waals surface area (Å²) in [5.74, 6) is -1.07. The molecule has 0 aliphatic carbocycles. The van der Waals surface area contributed by atoms with Gasteiger partial charge in [0.15, 0.2) is 0 Å². The molecular formula is C25H15N3O4. The van der Waals surface area contributed by atoms with Crippen molar-refractivity contribution in [1.82, 2.24) is 4.98 Å². The molecule has 3 aromatic heterocycles. The van der Waals surface area contributed by atoms with Crippen LogP contribution in [-0.4, -0.2) is 16.6 Å². The van der Waals surface area contributed by atoms with Crippen molar-refractivity contribution in [2.75, 3.05) is 0 Å². The maximum atomic E-state index is 13.1. The van der Waals surface area contributed by atoms with E-state index >= 15 is 0 Å². The summed E-state index contributed by atoms with van der Waals surface area (Å²) in [5.41, 5.74) is 0.509. The third-order valence-corrected chi connectivity index (χ3v) is 5.05. The standard InChI is InChI=1S/C25H15N3O4/c26-24-16(12-14-6-1-3-10-20(14)31-24)22(29)18-8-5-9-19(28-18)23(30)17-13-15-7-2-4-11-21(15)32-25(17)27/h1-13,26-27H. The first-order valence-electron chi connectivity index (χ1n) is 9.73. The molecule has 2 N–H and O–H groups in total. The third-order valence-electron chi connectivity index (χ3n) is 5.05. The van der Waals surface area contributed by atoms with Crippen LogP contribution in [0.2, 0.25) is 0 Å². The van der Waals surface area contributed by atoms with Gasteiger partial charge in [-0.15, -0.1) is 0 Å². The molecule has 5 rings (SSSR count). The minimum atomic E-state index is -0.534. The molecule has 3 heterocycles. The van der Waals surface area contributed by atoms with Crippen molar-refractivity contribution in [3.05, 3.63) is 112 Å². The number of benzene rings is 2. The van der Waals surface area contributed by atoms with Gasteiger partial charge in [-0.3, -0.25) is 20.4 Å². The summed E-state index contributed by atoms with van der Waals surface area (Å²) >= 11 is 0. The van der Waals surface area contributed by atoms with Gasteiger partial charge in [0.2, 0.25) is 22.7 Å². The number of hydrogen-bond acceptors (Lipinski definition) is 7. The first-order chi connectivity index (χ1) is 15.5. The van der Waals surface area contributed by atoms with Crippen molar-refractivity contribution >= 4 is 33.5 Å². The van der Waals surface area contributed by atoms with Gasteiger partial charge in [0, 0.05) is 10.8 Å². The van der Waals surface area contributed by atoms with Crippen LogP contribution in [0, 0.1) is 10.8 Å². The van der Waals surface area contributed by atoms with Crippen LogP contribution in [0.1, 0.15) is 32.1 Å². The molecule has 2 aromatic carbocycles. The number of nitrogens with one attached hydrogen (secondary N) is 2. The second-order valence-electron chi connectivity index (χ2n) is 7.12.